The third kappa shape index (κ3) is 2.68. The summed E-state index contributed by atoms with van der Waals surface area (Å²) in [5.74, 6) is 2.05. The van der Waals surface area contributed by atoms with Crippen LogP contribution in [0.3, 0.4) is 0 Å². The minimum absolute atomic E-state index is 0.164. The van der Waals surface area contributed by atoms with E-state index in [0.717, 1.165) is 67.5 Å². The highest BCUT2D eigenvalue weighted by Gasteiger charge is 2.59. The van der Waals surface area contributed by atoms with Crippen molar-refractivity contribution in [2.75, 3.05) is 0 Å². The molecule has 0 bridgehead atoms. The lowest BCUT2D eigenvalue weighted by atomic mass is 9.48. The van der Waals surface area contributed by atoms with Crippen molar-refractivity contribution < 1.29 is 9.90 Å². The third-order valence-corrected chi connectivity index (χ3v) is 9.60. The van der Waals surface area contributed by atoms with Gasteiger partial charge < -0.3 is 5.11 Å². The van der Waals surface area contributed by atoms with E-state index >= 15 is 0 Å². The maximum absolute atomic E-state index is 13.6. The number of allylic oxidation sites excluding steroid dienone is 2. The molecule has 0 aromatic carbocycles. The number of carbonyl (C=O) groups excluding carboxylic acids is 1. The first-order valence-corrected chi connectivity index (χ1v) is 11.8. The quantitative estimate of drug-likeness (QED) is 0.530. The average Bonchev–Trinajstić information content (AvgIpc) is 3.10. The number of rotatable bonds is 1. The molecule has 4 aliphatic rings. The topological polar surface area (TPSA) is 55.1 Å². The minimum Gasteiger partial charge on any atom is -0.393 e. The fourth-order valence-corrected chi connectivity index (χ4v) is 7.61. The van der Waals surface area contributed by atoms with E-state index in [0.29, 0.717) is 23.5 Å². The van der Waals surface area contributed by atoms with E-state index in [-0.39, 0.29) is 16.9 Å². The molecule has 4 nitrogen and oxygen atoms in total. The fraction of sp³-hybridized carbons (Fsp3) is 0.692. The number of aliphatic hydroxyl groups excluding tert-OH is 1. The molecule has 1 aromatic heterocycles. The number of Topliss-reactive ketones (excluding diaryl/α,β-unsaturated/α-hetero) is 1. The lowest BCUT2D eigenvalue weighted by Crippen LogP contribution is -2.50. The van der Waals surface area contributed by atoms with Crippen LogP contribution in [0, 0.1) is 42.4 Å². The molecule has 4 heteroatoms. The van der Waals surface area contributed by atoms with Gasteiger partial charge in [-0.05, 0) is 93.6 Å². The zero-order valence-electron chi connectivity index (χ0n) is 19.2. The molecule has 0 unspecified atom stereocenters. The summed E-state index contributed by atoms with van der Waals surface area (Å²) in [6, 6.07) is 0. The van der Waals surface area contributed by atoms with Crippen LogP contribution in [0.25, 0.3) is 6.08 Å². The van der Waals surface area contributed by atoms with E-state index in [1.807, 2.05) is 18.7 Å². The Morgan fingerprint density at radius 3 is 2.57 bits per heavy atom. The molecule has 0 spiro atoms. The van der Waals surface area contributed by atoms with E-state index in [1.54, 1.807) is 0 Å². The van der Waals surface area contributed by atoms with Gasteiger partial charge in [-0.2, -0.15) is 5.10 Å². The number of aliphatic hydroxyl groups is 1. The molecule has 0 radical (unpaired) electrons. The number of fused-ring (bicyclic) bond motifs is 5. The standard InChI is InChI=1S/C26H36N2O2/c1-15-21(16(2)28(5)27-15)12-17-13-23-20-7-6-18-14-19(29)8-10-25(18,3)22(20)9-11-26(23,4)24(17)30/h6,12,19-20,22-23,29H,7-11,13-14H2,1-5H3/b17-12-/t19-,20+,22-,23-,25-,26-/m0/s1. The molecule has 0 aliphatic heterocycles. The molecule has 4 aliphatic carbocycles. The molecule has 6 atom stereocenters. The van der Waals surface area contributed by atoms with Crippen molar-refractivity contribution in [3.63, 3.8) is 0 Å². The highest BCUT2D eigenvalue weighted by Crippen LogP contribution is 2.64. The molecule has 0 amide bonds. The smallest absolute Gasteiger partial charge is 0.165 e. The summed E-state index contributed by atoms with van der Waals surface area (Å²) in [4.78, 5) is 13.6. The van der Waals surface area contributed by atoms with Crippen molar-refractivity contribution in [1.82, 2.24) is 9.78 Å². The van der Waals surface area contributed by atoms with Crippen LogP contribution in [-0.4, -0.2) is 26.8 Å². The Hall–Kier alpha value is -1.68. The van der Waals surface area contributed by atoms with E-state index in [4.69, 9.17) is 0 Å². The van der Waals surface area contributed by atoms with Crippen LogP contribution in [0.4, 0.5) is 0 Å². The predicted molar refractivity (Wildman–Crippen MR) is 119 cm³/mol. The van der Waals surface area contributed by atoms with Crippen LogP contribution in [0.2, 0.25) is 0 Å². The minimum atomic E-state index is -0.215. The number of hydrogen-bond acceptors (Lipinski definition) is 3. The maximum atomic E-state index is 13.6. The summed E-state index contributed by atoms with van der Waals surface area (Å²) >= 11 is 0. The maximum Gasteiger partial charge on any atom is 0.165 e. The van der Waals surface area contributed by atoms with Crippen molar-refractivity contribution in [3.05, 3.63) is 34.2 Å². The lowest BCUT2D eigenvalue weighted by molar-refractivity contribution is -0.130. The summed E-state index contributed by atoms with van der Waals surface area (Å²) in [5, 5.41) is 14.8. The van der Waals surface area contributed by atoms with Gasteiger partial charge in [0.2, 0.25) is 0 Å². The van der Waals surface area contributed by atoms with Gasteiger partial charge in [-0.25, -0.2) is 0 Å². The fourth-order valence-electron chi connectivity index (χ4n) is 7.61. The molecule has 162 valence electrons. The Morgan fingerprint density at radius 2 is 1.87 bits per heavy atom. The molecule has 30 heavy (non-hydrogen) atoms. The molecule has 5 rings (SSSR count). The zero-order chi connectivity index (χ0) is 21.4. The van der Waals surface area contributed by atoms with Crippen molar-refractivity contribution in [3.8, 4) is 0 Å². The number of hydrogen-bond donors (Lipinski definition) is 1. The Morgan fingerprint density at radius 1 is 1.13 bits per heavy atom. The van der Waals surface area contributed by atoms with Crippen LogP contribution in [0.1, 0.15) is 75.7 Å². The lowest BCUT2D eigenvalue weighted by Gasteiger charge is -2.56. The SMILES string of the molecule is Cc1nn(C)c(C)c1/C=C1/C[C@H]2[C@@H]3CC=C4C[C@@H](O)CC[C@]4(C)[C@H]3CC[C@]2(C)C1=O. The average molecular weight is 409 g/mol. The third-order valence-electron chi connectivity index (χ3n) is 9.60. The van der Waals surface area contributed by atoms with E-state index in [2.05, 4.69) is 38.0 Å². The molecule has 1 N–H and O–H groups in total. The second-order valence-corrected chi connectivity index (χ2v) is 11.0. The number of aryl methyl sites for hydroxylation is 2. The zero-order valence-corrected chi connectivity index (χ0v) is 19.2. The summed E-state index contributed by atoms with van der Waals surface area (Å²) in [7, 11) is 1.97. The molecule has 1 heterocycles. The van der Waals surface area contributed by atoms with Gasteiger partial charge in [-0.1, -0.05) is 25.5 Å². The molecule has 0 saturated heterocycles. The van der Waals surface area contributed by atoms with Crippen molar-refractivity contribution in [1.29, 1.82) is 0 Å². The highest BCUT2D eigenvalue weighted by molar-refractivity contribution is 6.06. The summed E-state index contributed by atoms with van der Waals surface area (Å²) in [6.45, 7) is 8.81. The van der Waals surface area contributed by atoms with Crippen molar-refractivity contribution in [2.45, 2.75) is 78.7 Å². The molecule has 3 saturated carbocycles. The second kappa shape index (κ2) is 6.66. The normalized spacial score (nSPS) is 42.0. The number of carbonyl (C=O) groups is 1. The largest absolute Gasteiger partial charge is 0.393 e. The Labute approximate surface area is 180 Å². The highest BCUT2D eigenvalue weighted by atomic mass is 16.3. The van der Waals surface area contributed by atoms with Crippen LogP contribution in [0.5, 0.6) is 0 Å². The second-order valence-electron chi connectivity index (χ2n) is 11.0. The first-order valence-electron chi connectivity index (χ1n) is 11.8. The summed E-state index contributed by atoms with van der Waals surface area (Å²) in [6.07, 6.45) is 11.4. The van der Waals surface area contributed by atoms with Crippen LogP contribution in [0.15, 0.2) is 17.2 Å². The van der Waals surface area contributed by atoms with Crippen LogP contribution < -0.4 is 0 Å². The van der Waals surface area contributed by atoms with Gasteiger partial charge in [-0.15, -0.1) is 0 Å². The summed E-state index contributed by atoms with van der Waals surface area (Å²) in [5.41, 5.74) is 5.77. The Kier molecular flexibility index (Phi) is 4.49. The molecule has 3 fully saturated rings. The van der Waals surface area contributed by atoms with Gasteiger partial charge in [0.1, 0.15) is 0 Å². The van der Waals surface area contributed by atoms with Gasteiger partial charge in [-0.3, -0.25) is 9.48 Å². The Balaban J connectivity index is 1.50. The van der Waals surface area contributed by atoms with Gasteiger partial charge in [0.25, 0.3) is 0 Å². The van der Waals surface area contributed by atoms with Crippen molar-refractivity contribution in [2.24, 2.45) is 35.6 Å². The van der Waals surface area contributed by atoms with Crippen LogP contribution >= 0.6 is 0 Å². The van der Waals surface area contributed by atoms with Crippen molar-refractivity contribution >= 4 is 11.9 Å². The molecular formula is C26H36N2O2. The van der Waals surface area contributed by atoms with Gasteiger partial charge >= 0.3 is 0 Å². The van der Waals surface area contributed by atoms with E-state index < -0.39 is 0 Å². The first kappa shape index (κ1) is 20.2. The van der Waals surface area contributed by atoms with Gasteiger partial charge in [0, 0.05) is 23.7 Å². The Bertz CT molecular complexity index is 970. The van der Waals surface area contributed by atoms with Crippen LogP contribution in [-0.2, 0) is 11.8 Å². The van der Waals surface area contributed by atoms with Gasteiger partial charge in [0.05, 0.1) is 11.8 Å². The summed E-state index contributed by atoms with van der Waals surface area (Å²) < 4.78 is 1.91. The number of nitrogens with zero attached hydrogens (tertiary/aromatic N) is 2. The first-order chi connectivity index (χ1) is 14.1. The molecule has 1 aromatic rings. The predicted octanol–water partition coefficient (Wildman–Crippen LogP) is 4.92. The number of ketones is 1. The molecular weight excluding hydrogens is 372 g/mol. The van der Waals surface area contributed by atoms with Gasteiger partial charge in [0.15, 0.2) is 5.78 Å². The number of aromatic nitrogens is 2. The monoisotopic (exact) mass is 408 g/mol. The van der Waals surface area contributed by atoms with E-state index in [1.165, 1.54) is 5.57 Å². The van der Waals surface area contributed by atoms with E-state index in [9.17, 15) is 9.90 Å².